The summed E-state index contributed by atoms with van der Waals surface area (Å²) in [5, 5.41) is 4.92. The lowest BCUT2D eigenvalue weighted by Gasteiger charge is -2.28. The van der Waals surface area contributed by atoms with Gasteiger partial charge in [-0.15, -0.1) is 0 Å². The standard InChI is InChI=1S/C45H35NO/c1-44(2)40-21-28(27-47)13-19-36(40)38-25-43-39(26-42(38)44)37-20-18-35(24-41(37)45(43,3)4)46(33-16-14-29-9-5-7-11-31(29)22-33)34-17-15-30-10-6-8-12-32(30)23-34/h5-27H,1-4H3. The van der Waals surface area contributed by atoms with Gasteiger partial charge in [0.1, 0.15) is 6.29 Å². The highest BCUT2D eigenvalue weighted by molar-refractivity contribution is 5.95. The van der Waals surface area contributed by atoms with E-state index in [1.54, 1.807) is 0 Å². The van der Waals surface area contributed by atoms with Gasteiger partial charge < -0.3 is 4.90 Å². The molecule has 9 rings (SSSR count). The summed E-state index contributed by atoms with van der Waals surface area (Å²) >= 11 is 0. The predicted octanol–water partition coefficient (Wildman–Crippen LogP) is 11.9. The minimum Gasteiger partial charge on any atom is -0.310 e. The molecular formula is C45H35NO. The van der Waals surface area contributed by atoms with Gasteiger partial charge >= 0.3 is 0 Å². The van der Waals surface area contributed by atoms with Gasteiger partial charge in [0.25, 0.3) is 0 Å². The first-order valence-electron chi connectivity index (χ1n) is 16.5. The number of nitrogens with zero attached hydrogens (tertiary/aromatic N) is 1. The third kappa shape index (κ3) is 4.01. The van der Waals surface area contributed by atoms with Crippen molar-refractivity contribution in [3.63, 3.8) is 0 Å². The summed E-state index contributed by atoms with van der Waals surface area (Å²) in [7, 11) is 0. The zero-order valence-electron chi connectivity index (χ0n) is 27.1. The molecule has 0 aromatic heterocycles. The van der Waals surface area contributed by atoms with Crippen LogP contribution in [0.25, 0.3) is 43.8 Å². The predicted molar refractivity (Wildman–Crippen MR) is 197 cm³/mol. The fourth-order valence-corrected chi connectivity index (χ4v) is 8.26. The van der Waals surface area contributed by atoms with Crippen molar-refractivity contribution in [1.29, 1.82) is 0 Å². The van der Waals surface area contributed by atoms with E-state index in [-0.39, 0.29) is 10.8 Å². The number of benzene rings is 7. The molecule has 226 valence electrons. The Morgan fingerprint density at radius 2 is 0.851 bits per heavy atom. The van der Waals surface area contributed by atoms with Gasteiger partial charge in [-0.3, -0.25) is 4.79 Å². The molecule has 2 aliphatic rings. The van der Waals surface area contributed by atoms with Crippen LogP contribution in [0.1, 0.15) is 60.3 Å². The number of carbonyl (C=O) groups excluding carboxylic acids is 1. The summed E-state index contributed by atoms with van der Waals surface area (Å²) in [5.74, 6) is 0. The van der Waals surface area contributed by atoms with Crippen LogP contribution in [0, 0.1) is 0 Å². The number of hydrogen-bond acceptors (Lipinski definition) is 2. The Labute approximate surface area is 275 Å². The zero-order chi connectivity index (χ0) is 32.1. The maximum Gasteiger partial charge on any atom is 0.150 e. The van der Waals surface area contributed by atoms with Crippen molar-refractivity contribution in [3.05, 3.63) is 161 Å². The monoisotopic (exact) mass is 605 g/mol. The first-order chi connectivity index (χ1) is 22.7. The number of hydrogen-bond donors (Lipinski definition) is 0. The Bertz CT molecular complexity index is 2370. The second kappa shape index (κ2) is 9.77. The molecule has 0 unspecified atom stereocenters. The number of fused-ring (bicyclic) bond motifs is 8. The van der Waals surface area contributed by atoms with Crippen LogP contribution < -0.4 is 4.90 Å². The number of anilines is 3. The van der Waals surface area contributed by atoms with Crippen LogP contribution >= 0.6 is 0 Å². The molecule has 2 heteroatoms. The summed E-state index contributed by atoms with van der Waals surface area (Å²) in [6.07, 6.45) is 0.954. The fraction of sp³-hybridized carbons (Fsp3) is 0.133. The fourth-order valence-electron chi connectivity index (χ4n) is 8.26. The van der Waals surface area contributed by atoms with Gasteiger partial charge in [0.15, 0.2) is 0 Å². The van der Waals surface area contributed by atoms with E-state index >= 15 is 0 Å². The average molecular weight is 606 g/mol. The average Bonchev–Trinajstić information content (AvgIpc) is 3.45. The summed E-state index contributed by atoms with van der Waals surface area (Å²) in [6, 6.07) is 48.8. The van der Waals surface area contributed by atoms with Crippen LogP contribution in [0.4, 0.5) is 17.1 Å². The third-order valence-electron chi connectivity index (χ3n) is 10.9. The maximum atomic E-state index is 11.6. The normalized spacial score (nSPS) is 14.8. The van der Waals surface area contributed by atoms with E-state index in [0.717, 1.165) is 28.9 Å². The van der Waals surface area contributed by atoms with E-state index in [2.05, 4.69) is 160 Å². The molecule has 0 N–H and O–H groups in total. The summed E-state index contributed by atoms with van der Waals surface area (Å²) in [4.78, 5) is 14.1. The smallest absolute Gasteiger partial charge is 0.150 e. The minimum atomic E-state index is -0.191. The van der Waals surface area contributed by atoms with Crippen molar-refractivity contribution in [2.75, 3.05) is 4.90 Å². The number of carbonyl (C=O) groups is 1. The van der Waals surface area contributed by atoms with Crippen molar-refractivity contribution in [2.45, 2.75) is 38.5 Å². The molecule has 2 aliphatic carbocycles. The third-order valence-corrected chi connectivity index (χ3v) is 10.9. The van der Waals surface area contributed by atoms with Crippen LogP contribution in [0.15, 0.2) is 133 Å². The molecule has 7 aromatic carbocycles. The molecular weight excluding hydrogens is 571 g/mol. The lowest BCUT2D eigenvalue weighted by atomic mass is 9.79. The molecule has 0 aliphatic heterocycles. The molecule has 47 heavy (non-hydrogen) atoms. The highest BCUT2D eigenvalue weighted by Gasteiger charge is 2.42. The largest absolute Gasteiger partial charge is 0.310 e. The Balaban J connectivity index is 1.22. The molecule has 0 heterocycles. The van der Waals surface area contributed by atoms with Crippen LogP contribution in [-0.2, 0) is 10.8 Å². The van der Waals surface area contributed by atoms with E-state index in [9.17, 15) is 4.79 Å². The highest BCUT2D eigenvalue weighted by atomic mass is 16.1. The molecule has 0 spiro atoms. The van der Waals surface area contributed by atoms with Crippen molar-refractivity contribution >= 4 is 44.9 Å². The molecule has 0 saturated heterocycles. The maximum absolute atomic E-state index is 11.6. The first-order valence-corrected chi connectivity index (χ1v) is 16.5. The van der Waals surface area contributed by atoms with Crippen LogP contribution in [0.3, 0.4) is 0 Å². The van der Waals surface area contributed by atoms with E-state index in [1.165, 1.54) is 66.1 Å². The summed E-state index contributed by atoms with van der Waals surface area (Å²) in [6.45, 7) is 9.29. The van der Waals surface area contributed by atoms with E-state index < -0.39 is 0 Å². The second-order valence-electron chi connectivity index (χ2n) is 14.2. The Hall–Kier alpha value is -5.47. The van der Waals surface area contributed by atoms with Gasteiger partial charge in [-0.05, 0) is 121 Å². The lowest BCUT2D eigenvalue weighted by Crippen LogP contribution is -2.17. The first kappa shape index (κ1) is 27.8. The van der Waals surface area contributed by atoms with E-state index in [4.69, 9.17) is 0 Å². The van der Waals surface area contributed by atoms with Crippen molar-refractivity contribution in [2.24, 2.45) is 0 Å². The molecule has 2 nitrogen and oxygen atoms in total. The summed E-state index contributed by atoms with van der Waals surface area (Å²) in [5.41, 5.74) is 14.2. The van der Waals surface area contributed by atoms with Gasteiger partial charge in [0.05, 0.1) is 0 Å². The lowest BCUT2D eigenvalue weighted by molar-refractivity contribution is 0.112. The van der Waals surface area contributed by atoms with E-state index in [1.807, 2.05) is 6.07 Å². The molecule has 0 amide bonds. The van der Waals surface area contributed by atoms with Crippen molar-refractivity contribution in [3.8, 4) is 22.3 Å². The van der Waals surface area contributed by atoms with Crippen LogP contribution in [0.2, 0.25) is 0 Å². The Morgan fingerprint density at radius 3 is 1.38 bits per heavy atom. The Kier molecular flexibility index (Phi) is 5.78. The zero-order valence-corrected chi connectivity index (χ0v) is 27.1. The second-order valence-corrected chi connectivity index (χ2v) is 14.2. The minimum absolute atomic E-state index is 0.186. The van der Waals surface area contributed by atoms with Gasteiger partial charge in [-0.2, -0.15) is 0 Å². The van der Waals surface area contributed by atoms with Crippen molar-refractivity contribution < 1.29 is 4.79 Å². The molecule has 0 fully saturated rings. The number of rotatable bonds is 4. The SMILES string of the molecule is CC1(C)c2cc(C=O)ccc2-c2cc3c(cc21)-c1ccc(N(c2ccc4ccccc4c2)c2ccc4ccccc4c2)cc1C3(C)C. The van der Waals surface area contributed by atoms with Gasteiger partial charge in [-0.1, -0.05) is 107 Å². The molecule has 0 atom stereocenters. The highest BCUT2D eigenvalue weighted by Crippen LogP contribution is 2.57. The molecule has 0 radical (unpaired) electrons. The van der Waals surface area contributed by atoms with Crippen LogP contribution in [0.5, 0.6) is 0 Å². The van der Waals surface area contributed by atoms with Gasteiger partial charge in [-0.25, -0.2) is 0 Å². The molecule has 0 saturated carbocycles. The Morgan fingerprint density at radius 1 is 0.426 bits per heavy atom. The van der Waals surface area contributed by atoms with Gasteiger partial charge in [0, 0.05) is 33.5 Å². The van der Waals surface area contributed by atoms with Crippen LogP contribution in [-0.4, -0.2) is 6.29 Å². The molecule has 0 bridgehead atoms. The van der Waals surface area contributed by atoms with Crippen molar-refractivity contribution in [1.82, 2.24) is 0 Å². The number of aldehydes is 1. The molecule has 7 aromatic rings. The topological polar surface area (TPSA) is 20.3 Å². The quantitative estimate of drug-likeness (QED) is 0.186. The van der Waals surface area contributed by atoms with E-state index in [0.29, 0.717) is 0 Å². The summed E-state index contributed by atoms with van der Waals surface area (Å²) < 4.78 is 0. The van der Waals surface area contributed by atoms with Gasteiger partial charge in [0.2, 0.25) is 0 Å².